The monoisotopic (exact) mass is 473 g/mol. The molecular formula is C29H35N3O3. The highest BCUT2D eigenvalue weighted by Crippen LogP contribution is 2.34. The molecule has 0 aromatic heterocycles. The van der Waals surface area contributed by atoms with Crippen LogP contribution in [-0.2, 0) is 17.9 Å². The number of nitrogens with zero attached hydrogens (tertiary/aromatic N) is 2. The predicted octanol–water partition coefficient (Wildman–Crippen LogP) is 4.60. The minimum Gasteiger partial charge on any atom is -0.491 e. The van der Waals surface area contributed by atoms with Gasteiger partial charge in [0.1, 0.15) is 11.8 Å². The zero-order valence-electron chi connectivity index (χ0n) is 20.8. The van der Waals surface area contributed by atoms with Gasteiger partial charge in [0.05, 0.1) is 6.10 Å². The van der Waals surface area contributed by atoms with Crippen LogP contribution < -0.4 is 10.1 Å². The predicted molar refractivity (Wildman–Crippen MR) is 136 cm³/mol. The molecule has 5 rings (SSSR count). The Morgan fingerprint density at radius 2 is 1.89 bits per heavy atom. The van der Waals surface area contributed by atoms with Gasteiger partial charge in [0, 0.05) is 24.4 Å². The first-order chi connectivity index (χ1) is 16.9. The maximum absolute atomic E-state index is 13.0. The Morgan fingerprint density at radius 3 is 2.63 bits per heavy atom. The van der Waals surface area contributed by atoms with Gasteiger partial charge in [-0.1, -0.05) is 30.8 Å². The fourth-order valence-corrected chi connectivity index (χ4v) is 5.60. The Kier molecular flexibility index (Phi) is 6.65. The van der Waals surface area contributed by atoms with E-state index in [0.717, 1.165) is 61.5 Å². The molecule has 1 N–H and O–H groups in total. The summed E-state index contributed by atoms with van der Waals surface area (Å²) in [6.07, 6.45) is 3.74. The van der Waals surface area contributed by atoms with Crippen molar-refractivity contribution in [3.8, 4) is 5.75 Å². The van der Waals surface area contributed by atoms with Gasteiger partial charge in [0.25, 0.3) is 5.91 Å². The van der Waals surface area contributed by atoms with E-state index in [1.165, 1.54) is 11.1 Å². The van der Waals surface area contributed by atoms with Crippen molar-refractivity contribution in [1.29, 1.82) is 0 Å². The van der Waals surface area contributed by atoms with Gasteiger partial charge in [0.15, 0.2) is 0 Å². The third kappa shape index (κ3) is 5.13. The van der Waals surface area contributed by atoms with Crippen LogP contribution in [0.15, 0.2) is 54.7 Å². The van der Waals surface area contributed by atoms with Crippen molar-refractivity contribution >= 4 is 11.8 Å². The van der Waals surface area contributed by atoms with E-state index in [9.17, 15) is 9.59 Å². The summed E-state index contributed by atoms with van der Waals surface area (Å²) in [6.45, 7) is 11.5. The normalized spacial score (nSPS) is 21.4. The van der Waals surface area contributed by atoms with Crippen molar-refractivity contribution in [2.24, 2.45) is 0 Å². The van der Waals surface area contributed by atoms with Crippen LogP contribution in [0.4, 0.5) is 0 Å². The Balaban J connectivity index is 1.19. The molecule has 2 aromatic rings. The van der Waals surface area contributed by atoms with E-state index >= 15 is 0 Å². The lowest BCUT2D eigenvalue weighted by atomic mass is 9.87. The molecule has 2 aromatic carbocycles. The van der Waals surface area contributed by atoms with Crippen LogP contribution in [0.25, 0.3) is 0 Å². The largest absolute Gasteiger partial charge is 0.491 e. The lowest BCUT2D eigenvalue weighted by molar-refractivity contribution is -0.126. The van der Waals surface area contributed by atoms with Crippen molar-refractivity contribution in [3.05, 3.63) is 77.0 Å². The number of nitrogens with one attached hydrogen (secondary N) is 1. The van der Waals surface area contributed by atoms with Crippen LogP contribution in [-0.4, -0.2) is 46.8 Å². The molecule has 3 heterocycles. The molecule has 0 aliphatic carbocycles. The Bertz CT molecular complexity index is 1130. The second-order valence-electron chi connectivity index (χ2n) is 10.4. The summed E-state index contributed by atoms with van der Waals surface area (Å²) >= 11 is 0. The van der Waals surface area contributed by atoms with Crippen molar-refractivity contribution in [2.75, 3.05) is 13.1 Å². The van der Waals surface area contributed by atoms with Gasteiger partial charge in [-0.05, 0) is 93.4 Å². The number of hydrogen-bond acceptors (Lipinski definition) is 4. The van der Waals surface area contributed by atoms with Gasteiger partial charge < -0.3 is 15.0 Å². The number of hydrogen-bond donors (Lipinski definition) is 1. The molecule has 0 spiro atoms. The molecule has 0 bridgehead atoms. The van der Waals surface area contributed by atoms with Gasteiger partial charge in [-0.3, -0.25) is 14.5 Å². The molecule has 0 saturated carbocycles. The van der Waals surface area contributed by atoms with Crippen molar-refractivity contribution < 1.29 is 14.3 Å². The average Bonchev–Trinajstić information content (AvgIpc) is 3.15. The molecule has 3 aliphatic rings. The standard InChI is InChI=1S/C29H35N3O3/c1-19(2)35-25-6-4-5-21(15-25)17-31-13-11-22(12-14-31)23-8-9-26-24(16-23)18-32(29(26)34)27-10-7-20(3)30-28(27)33/h4-6,8-9,15-16,19,22,27H,3,7,10-14,17-18H2,1-2H3,(H,30,33). The lowest BCUT2D eigenvalue weighted by Gasteiger charge is -2.32. The molecule has 3 aliphatic heterocycles. The van der Waals surface area contributed by atoms with E-state index in [-0.39, 0.29) is 17.9 Å². The molecule has 2 fully saturated rings. The van der Waals surface area contributed by atoms with Crippen LogP contribution in [0.5, 0.6) is 5.75 Å². The van der Waals surface area contributed by atoms with Crippen molar-refractivity contribution in [1.82, 2.24) is 15.1 Å². The van der Waals surface area contributed by atoms with E-state index in [4.69, 9.17) is 4.74 Å². The Hall–Kier alpha value is -3.12. The van der Waals surface area contributed by atoms with Gasteiger partial charge in [0.2, 0.25) is 5.91 Å². The maximum atomic E-state index is 13.0. The SMILES string of the molecule is C=C1CCC(N2Cc3cc(C4CCN(Cc5cccc(OC(C)C)c5)CC4)ccc3C2=O)C(=O)N1. The summed E-state index contributed by atoms with van der Waals surface area (Å²) in [5.41, 5.74) is 5.13. The molecule has 6 heteroatoms. The van der Waals surface area contributed by atoms with Gasteiger partial charge in [-0.15, -0.1) is 0 Å². The lowest BCUT2D eigenvalue weighted by Crippen LogP contribution is -2.49. The number of benzene rings is 2. The zero-order chi connectivity index (χ0) is 24.5. The van der Waals surface area contributed by atoms with E-state index in [1.807, 2.05) is 26.0 Å². The van der Waals surface area contributed by atoms with E-state index in [0.29, 0.717) is 18.9 Å². The minimum atomic E-state index is -0.406. The molecular weight excluding hydrogens is 438 g/mol. The maximum Gasteiger partial charge on any atom is 0.255 e. The molecule has 184 valence electrons. The molecule has 2 amide bonds. The first kappa shape index (κ1) is 23.6. The topological polar surface area (TPSA) is 61.9 Å². The minimum absolute atomic E-state index is 0.0299. The molecule has 6 nitrogen and oxygen atoms in total. The summed E-state index contributed by atoms with van der Waals surface area (Å²) in [5, 5.41) is 2.81. The molecule has 0 radical (unpaired) electrons. The van der Waals surface area contributed by atoms with Gasteiger partial charge in [-0.2, -0.15) is 0 Å². The third-order valence-corrected chi connectivity index (χ3v) is 7.40. The molecule has 35 heavy (non-hydrogen) atoms. The number of rotatable bonds is 6. The van der Waals surface area contributed by atoms with Crippen molar-refractivity contribution in [3.63, 3.8) is 0 Å². The quantitative estimate of drug-likeness (QED) is 0.666. The number of carbonyl (C=O) groups is 2. The number of piperidine rings is 2. The first-order valence-electron chi connectivity index (χ1n) is 12.8. The molecule has 1 atom stereocenters. The second kappa shape index (κ2) is 9.86. The highest BCUT2D eigenvalue weighted by atomic mass is 16.5. The number of amides is 2. The summed E-state index contributed by atoms with van der Waals surface area (Å²) in [5.74, 6) is 1.29. The summed E-state index contributed by atoms with van der Waals surface area (Å²) < 4.78 is 5.85. The number of likely N-dealkylation sites (tertiary alicyclic amines) is 1. The highest BCUT2D eigenvalue weighted by Gasteiger charge is 2.38. The van der Waals surface area contributed by atoms with Crippen LogP contribution >= 0.6 is 0 Å². The Morgan fingerprint density at radius 1 is 1.09 bits per heavy atom. The van der Waals surface area contributed by atoms with Gasteiger partial charge >= 0.3 is 0 Å². The molecule has 1 unspecified atom stereocenters. The zero-order valence-corrected chi connectivity index (χ0v) is 20.8. The van der Waals surface area contributed by atoms with Crippen LogP contribution in [0, 0.1) is 0 Å². The Labute approximate surface area is 207 Å². The summed E-state index contributed by atoms with van der Waals surface area (Å²) in [7, 11) is 0. The fraction of sp³-hybridized carbons (Fsp3) is 0.448. The number of carbonyl (C=O) groups excluding carboxylic acids is 2. The van der Waals surface area contributed by atoms with Crippen LogP contribution in [0.3, 0.4) is 0 Å². The summed E-state index contributed by atoms with van der Waals surface area (Å²) in [6, 6.07) is 14.3. The molecule has 2 saturated heterocycles. The highest BCUT2D eigenvalue weighted by molar-refractivity contribution is 6.01. The van der Waals surface area contributed by atoms with Crippen molar-refractivity contribution in [2.45, 2.75) is 70.7 Å². The first-order valence-corrected chi connectivity index (χ1v) is 12.8. The average molecular weight is 474 g/mol. The fourth-order valence-electron chi connectivity index (χ4n) is 5.60. The third-order valence-electron chi connectivity index (χ3n) is 7.40. The van der Waals surface area contributed by atoms with Crippen LogP contribution in [0.1, 0.15) is 72.5 Å². The number of ether oxygens (including phenoxy) is 1. The number of fused-ring (bicyclic) bond motifs is 1. The van der Waals surface area contributed by atoms with Gasteiger partial charge in [-0.25, -0.2) is 0 Å². The second-order valence-corrected chi connectivity index (χ2v) is 10.4. The summed E-state index contributed by atoms with van der Waals surface area (Å²) in [4.78, 5) is 29.7. The van der Waals surface area contributed by atoms with E-state index in [1.54, 1.807) is 4.90 Å². The van der Waals surface area contributed by atoms with E-state index < -0.39 is 6.04 Å². The smallest absolute Gasteiger partial charge is 0.255 e. The number of allylic oxidation sites excluding steroid dienone is 1. The van der Waals surface area contributed by atoms with Crippen LogP contribution in [0.2, 0.25) is 0 Å². The van der Waals surface area contributed by atoms with E-state index in [2.05, 4.69) is 47.1 Å².